The van der Waals surface area contributed by atoms with E-state index in [1.807, 2.05) is 36.0 Å². The van der Waals surface area contributed by atoms with Gasteiger partial charge in [0.05, 0.1) is 5.60 Å². The number of aryl methyl sites for hydroxylation is 1. The van der Waals surface area contributed by atoms with Crippen LogP contribution in [0.5, 0.6) is 0 Å². The van der Waals surface area contributed by atoms with Gasteiger partial charge in [0, 0.05) is 18.0 Å². The third-order valence-corrected chi connectivity index (χ3v) is 4.97. The summed E-state index contributed by atoms with van der Waals surface area (Å²) in [5.74, 6) is 1.90. The van der Waals surface area contributed by atoms with E-state index in [9.17, 15) is 9.90 Å². The molecule has 3 nitrogen and oxygen atoms in total. The predicted octanol–water partition coefficient (Wildman–Crippen LogP) is 2.65. The Morgan fingerprint density at radius 2 is 2.05 bits per heavy atom. The average molecular weight is 314 g/mol. The molecule has 5 heteroatoms. The second kappa shape index (κ2) is 7.34. The second-order valence-corrected chi connectivity index (χ2v) is 6.84. The summed E-state index contributed by atoms with van der Waals surface area (Å²) in [4.78, 5) is 11.8. The maximum absolute atomic E-state index is 11.8. The van der Waals surface area contributed by atoms with Crippen LogP contribution in [-0.2, 0) is 11.2 Å². The SMILES string of the molecule is O=C(CCc1ccccc1Cl)NCC1(O)CCSCC1. The van der Waals surface area contributed by atoms with E-state index in [1.54, 1.807) is 0 Å². The first-order valence-corrected chi connectivity index (χ1v) is 8.43. The zero-order valence-corrected chi connectivity index (χ0v) is 13.0. The van der Waals surface area contributed by atoms with E-state index in [-0.39, 0.29) is 5.91 Å². The van der Waals surface area contributed by atoms with Crippen molar-refractivity contribution in [2.45, 2.75) is 31.3 Å². The minimum Gasteiger partial charge on any atom is -0.388 e. The van der Waals surface area contributed by atoms with Crippen molar-refractivity contribution in [2.75, 3.05) is 18.1 Å². The number of hydrogen-bond acceptors (Lipinski definition) is 3. The van der Waals surface area contributed by atoms with Gasteiger partial charge < -0.3 is 10.4 Å². The van der Waals surface area contributed by atoms with Crippen LogP contribution in [0.15, 0.2) is 24.3 Å². The molecule has 2 N–H and O–H groups in total. The highest BCUT2D eigenvalue weighted by Crippen LogP contribution is 2.26. The van der Waals surface area contributed by atoms with E-state index >= 15 is 0 Å². The van der Waals surface area contributed by atoms with Gasteiger partial charge in [0.15, 0.2) is 0 Å². The van der Waals surface area contributed by atoms with Gasteiger partial charge in [0.2, 0.25) is 5.91 Å². The van der Waals surface area contributed by atoms with Crippen LogP contribution in [0.2, 0.25) is 5.02 Å². The number of aliphatic hydroxyl groups is 1. The summed E-state index contributed by atoms with van der Waals surface area (Å²) >= 11 is 7.91. The van der Waals surface area contributed by atoms with Crippen LogP contribution in [0.4, 0.5) is 0 Å². The second-order valence-electron chi connectivity index (χ2n) is 5.20. The van der Waals surface area contributed by atoms with Gasteiger partial charge >= 0.3 is 0 Å². The van der Waals surface area contributed by atoms with E-state index < -0.39 is 5.60 Å². The van der Waals surface area contributed by atoms with E-state index in [4.69, 9.17) is 11.6 Å². The molecule has 1 aliphatic heterocycles. The number of thioether (sulfide) groups is 1. The van der Waals surface area contributed by atoms with Gasteiger partial charge in [0.1, 0.15) is 0 Å². The molecule has 0 atom stereocenters. The normalized spacial score (nSPS) is 17.7. The molecule has 110 valence electrons. The molecular formula is C15H20ClNO2S. The Bertz CT molecular complexity index is 461. The van der Waals surface area contributed by atoms with Gasteiger partial charge in [-0.2, -0.15) is 11.8 Å². The van der Waals surface area contributed by atoms with Crippen LogP contribution in [0, 0.1) is 0 Å². The molecule has 0 radical (unpaired) electrons. The highest BCUT2D eigenvalue weighted by Gasteiger charge is 2.29. The van der Waals surface area contributed by atoms with E-state index in [0.717, 1.165) is 29.9 Å². The molecule has 0 bridgehead atoms. The van der Waals surface area contributed by atoms with Crippen molar-refractivity contribution in [1.82, 2.24) is 5.32 Å². The molecule has 0 aromatic heterocycles. The molecule has 1 aromatic rings. The molecule has 2 rings (SSSR count). The summed E-state index contributed by atoms with van der Waals surface area (Å²) in [6.45, 7) is 0.356. The lowest BCUT2D eigenvalue weighted by Crippen LogP contribution is -2.45. The molecule has 0 unspecified atom stereocenters. The first kappa shape index (κ1) is 15.7. The van der Waals surface area contributed by atoms with Crippen LogP contribution in [-0.4, -0.2) is 34.7 Å². The lowest BCUT2D eigenvalue weighted by Gasteiger charge is -2.31. The minimum atomic E-state index is -0.717. The predicted molar refractivity (Wildman–Crippen MR) is 84.3 cm³/mol. The number of rotatable bonds is 5. The molecular weight excluding hydrogens is 294 g/mol. The maximum atomic E-state index is 11.8. The molecule has 1 heterocycles. The summed E-state index contributed by atoms with van der Waals surface area (Å²) in [5.41, 5.74) is 0.266. The molecule has 0 aliphatic carbocycles. The van der Waals surface area contributed by atoms with Crippen molar-refractivity contribution >= 4 is 29.3 Å². The molecule has 1 fully saturated rings. The Morgan fingerprint density at radius 1 is 1.35 bits per heavy atom. The van der Waals surface area contributed by atoms with E-state index in [0.29, 0.717) is 24.4 Å². The highest BCUT2D eigenvalue weighted by molar-refractivity contribution is 7.99. The quantitative estimate of drug-likeness (QED) is 0.878. The lowest BCUT2D eigenvalue weighted by atomic mass is 9.97. The van der Waals surface area contributed by atoms with Crippen molar-refractivity contribution in [3.63, 3.8) is 0 Å². The first-order valence-electron chi connectivity index (χ1n) is 6.89. The standard InChI is InChI=1S/C15H20ClNO2S/c16-13-4-2-1-3-12(13)5-6-14(18)17-11-15(19)7-9-20-10-8-15/h1-4,19H,5-11H2,(H,17,18). The number of carbonyl (C=O) groups excluding carboxylic acids is 1. The van der Waals surface area contributed by atoms with Crippen molar-refractivity contribution < 1.29 is 9.90 Å². The van der Waals surface area contributed by atoms with E-state index in [2.05, 4.69) is 5.32 Å². The van der Waals surface area contributed by atoms with Crippen LogP contribution in [0.25, 0.3) is 0 Å². The van der Waals surface area contributed by atoms with Gasteiger partial charge in [-0.15, -0.1) is 0 Å². The number of hydrogen-bond donors (Lipinski definition) is 2. The fourth-order valence-electron chi connectivity index (χ4n) is 2.23. The summed E-state index contributed by atoms with van der Waals surface area (Å²) in [6.07, 6.45) is 2.53. The van der Waals surface area contributed by atoms with Crippen molar-refractivity contribution in [1.29, 1.82) is 0 Å². The molecule has 1 aliphatic rings. The van der Waals surface area contributed by atoms with Gasteiger partial charge in [0.25, 0.3) is 0 Å². The third-order valence-electron chi connectivity index (χ3n) is 3.62. The van der Waals surface area contributed by atoms with Crippen LogP contribution in [0.3, 0.4) is 0 Å². The molecule has 0 spiro atoms. The molecule has 0 saturated carbocycles. The molecule has 1 saturated heterocycles. The van der Waals surface area contributed by atoms with Crippen LogP contribution < -0.4 is 5.32 Å². The van der Waals surface area contributed by atoms with Gasteiger partial charge in [-0.1, -0.05) is 29.8 Å². The smallest absolute Gasteiger partial charge is 0.220 e. The minimum absolute atomic E-state index is 0.0310. The number of benzene rings is 1. The third kappa shape index (κ3) is 4.69. The summed E-state index contributed by atoms with van der Waals surface area (Å²) in [6, 6.07) is 7.56. The number of carbonyl (C=O) groups is 1. The van der Waals surface area contributed by atoms with Crippen molar-refractivity contribution in [2.24, 2.45) is 0 Å². The highest BCUT2D eigenvalue weighted by atomic mass is 35.5. The molecule has 20 heavy (non-hydrogen) atoms. The zero-order valence-electron chi connectivity index (χ0n) is 11.4. The van der Waals surface area contributed by atoms with E-state index in [1.165, 1.54) is 0 Å². The Morgan fingerprint density at radius 3 is 2.75 bits per heavy atom. The van der Waals surface area contributed by atoms with Crippen molar-refractivity contribution in [3.8, 4) is 0 Å². The molecule has 1 amide bonds. The average Bonchev–Trinajstić information content (AvgIpc) is 2.45. The van der Waals surface area contributed by atoms with Crippen molar-refractivity contribution in [3.05, 3.63) is 34.9 Å². The Hall–Kier alpha value is -0.710. The topological polar surface area (TPSA) is 49.3 Å². The largest absolute Gasteiger partial charge is 0.388 e. The zero-order chi connectivity index (χ0) is 14.4. The van der Waals surface area contributed by atoms with Crippen LogP contribution in [0.1, 0.15) is 24.8 Å². The lowest BCUT2D eigenvalue weighted by molar-refractivity contribution is -0.122. The number of halogens is 1. The Balaban J connectivity index is 1.74. The number of nitrogens with one attached hydrogen (secondary N) is 1. The van der Waals surface area contributed by atoms with Crippen LogP contribution >= 0.6 is 23.4 Å². The summed E-state index contributed by atoms with van der Waals surface area (Å²) < 4.78 is 0. The Labute approximate surface area is 129 Å². The maximum Gasteiger partial charge on any atom is 0.220 e. The summed E-state index contributed by atoms with van der Waals surface area (Å²) in [5, 5.41) is 13.8. The van der Waals surface area contributed by atoms with Gasteiger partial charge in [-0.3, -0.25) is 4.79 Å². The fourth-order valence-corrected chi connectivity index (χ4v) is 3.71. The first-order chi connectivity index (χ1) is 9.59. The fraction of sp³-hybridized carbons (Fsp3) is 0.533. The number of amides is 1. The monoisotopic (exact) mass is 313 g/mol. The van der Waals surface area contributed by atoms with Gasteiger partial charge in [-0.05, 0) is 42.4 Å². The summed E-state index contributed by atoms with van der Waals surface area (Å²) in [7, 11) is 0. The Kier molecular flexibility index (Phi) is 5.75. The van der Waals surface area contributed by atoms with Gasteiger partial charge in [-0.25, -0.2) is 0 Å². The molecule has 1 aromatic carbocycles.